The number of benzene rings is 2. The molecule has 0 atom stereocenters. The van der Waals surface area contributed by atoms with Crippen LogP contribution in [0.15, 0.2) is 58.3 Å². The Morgan fingerprint density at radius 1 is 1.08 bits per heavy atom. The summed E-state index contributed by atoms with van der Waals surface area (Å²) in [7, 11) is -1.73. The molecule has 11 heteroatoms. The van der Waals surface area contributed by atoms with Crippen LogP contribution in [0, 0.1) is 5.92 Å². The standard InChI is InChI=1S/C25H25ClN4O5S/c1-35-21-8-4-7-19-22(21)27-14-20-23(19)29(15-16-9-11-28(12-10-16)36(2,33)34)25(32)30(24(20)31)18-6-3-5-17(26)13-18/h3-8,13-14,16H,9-12,15H2,1-2H3. The quantitative estimate of drug-likeness (QED) is 0.369. The van der Waals surface area contributed by atoms with Crippen LogP contribution in [0.25, 0.3) is 27.5 Å². The van der Waals surface area contributed by atoms with Crippen molar-refractivity contribution in [3.05, 3.63) is 74.5 Å². The van der Waals surface area contributed by atoms with Gasteiger partial charge in [0, 0.05) is 36.2 Å². The highest BCUT2D eigenvalue weighted by Gasteiger charge is 2.27. The van der Waals surface area contributed by atoms with E-state index in [2.05, 4.69) is 4.98 Å². The third-order valence-electron chi connectivity index (χ3n) is 6.73. The van der Waals surface area contributed by atoms with E-state index in [0.717, 1.165) is 4.57 Å². The normalized spacial score (nSPS) is 15.5. The van der Waals surface area contributed by atoms with Crippen LogP contribution in [0.1, 0.15) is 12.8 Å². The van der Waals surface area contributed by atoms with E-state index >= 15 is 0 Å². The first-order chi connectivity index (χ1) is 17.2. The Bertz CT molecular complexity index is 1710. The summed E-state index contributed by atoms with van der Waals surface area (Å²) in [4.78, 5) is 32.0. The second-order valence-electron chi connectivity index (χ2n) is 9.00. The summed E-state index contributed by atoms with van der Waals surface area (Å²) in [6.45, 7) is 1.10. The maximum absolute atomic E-state index is 13.9. The third kappa shape index (κ3) is 4.29. The minimum atomic E-state index is -3.27. The fraction of sp³-hybridized carbons (Fsp3) is 0.320. The van der Waals surface area contributed by atoms with Gasteiger partial charge in [-0.25, -0.2) is 22.1 Å². The van der Waals surface area contributed by atoms with Crippen LogP contribution in [0.2, 0.25) is 5.02 Å². The lowest BCUT2D eigenvalue weighted by molar-refractivity contribution is 0.253. The third-order valence-corrected chi connectivity index (χ3v) is 8.27. The van der Waals surface area contributed by atoms with Gasteiger partial charge in [-0.3, -0.25) is 14.3 Å². The Balaban J connectivity index is 1.74. The minimum Gasteiger partial charge on any atom is -0.494 e. The molecule has 36 heavy (non-hydrogen) atoms. The van der Waals surface area contributed by atoms with Crippen LogP contribution in [0.4, 0.5) is 0 Å². The molecule has 0 N–H and O–H groups in total. The minimum absolute atomic E-state index is 0.0445. The smallest absolute Gasteiger partial charge is 0.336 e. The molecule has 5 rings (SSSR count). The van der Waals surface area contributed by atoms with Gasteiger partial charge in [-0.05, 0) is 43.0 Å². The number of ether oxygens (including phenoxy) is 1. The number of para-hydroxylation sites is 1. The summed E-state index contributed by atoms with van der Waals surface area (Å²) in [6.07, 6.45) is 3.89. The molecule has 4 aromatic rings. The predicted octanol–water partition coefficient (Wildman–Crippen LogP) is 3.03. The van der Waals surface area contributed by atoms with Crippen molar-refractivity contribution < 1.29 is 13.2 Å². The lowest BCUT2D eigenvalue weighted by Crippen LogP contribution is -2.42. The van der Waals surface area contributed by atoms with Gasteiger partial charge in [0.05, 0.1) is 30.0 Å². The molecule has 0 spiro atoms. The van der Waals surface area contributed by atoms with Crippen molar-refractivity contribution in [3.63, 3.8) is 0 Å². The second-order valence-corrected chi connectivity index (χ2v) is 11.4. The zero-order valence-corrected chi connectivity index (χ0v) is 21.4. The zero-order valence-electron chi connectivity index (χ0n) is 19.8. The molecular weight excluding hydrogens is 504 g/mol. The van der Waals surface area contributed by atoms with Gasteiger partial charge < -0.3 is 4.74 Å². The number of rotatable bonds is 5. The molecule has 1 aliphatic rings. The van der Waals surface area contributed by atoms with E-state index in [1.807, 2.05) is 6.07 Å². The number of pyridine rings is 1. The zero-order chi connectivity index (χ0) is 25.6. The molecule has 1 aliphatic heterocycles. The molecule has 9 nitrogen and oxygen atoms in total. The van der Waals surface area contributed by atoms with E-state index in [1.54, 1.807) is 48.1 Å². The van der Waals surface area contributed by atoms with E-state index in [1.165, 1.54) is 16.8 Å². The molecule has 188 valence electrons. The van der Waals surface area contributed by atoms with Gasteiger partial charge in [0.2, 0.25) is 10.0 Å². The van der Waals surface area contributed by atoms with E-state index < -0.39 is 21.3 Å². The Morgan fingerprint density at radius 2 is 1.81 bits per heavy atom. The monoisotopic (exact) mass is 528 g/mol. The molecule has 3 heterocycles. The van der Waals surface area contributed by atoms with Gasteiger partial charge in [-0.2, -0.15) is 0 Å². The van der Waals surface area contributed by atoms with Gasteiger partial charge in [0.1, 0.15) is 11.3 Å². The molecular formula is C25H25ClN4O5S. The fourth-order valence-electron chi connectivity index (χ4n) is 4.91. The number of hydrogen-bond acceptors (Lipinski definition) is 6. The number of halogens is 1. The lowest BCUT2D eigenvalue weighted by atomic mass is 9.97. The molecule has 0 aliphatic carbocycles. The van der Waals surface area contributed by atoms with Crippen molar-refractivity contribution in [1.82, 2.24) is 18.4 Å². The van der Waals surface area contributed by atoms with Crippen molar-refractivity contribution in [2.24, 2.45) is 5.92 Å². The molecule has 2 aromatic heterocycles. The maximum atomic E-state index is 13.9. The van der Waals surface area contributed by atoms with Gasteiger partial charge in [-0.15, -0.1) is 0 Å². The number of hydrogen-bond donors (Lipinski definition) is 0. The molecule has 1 fully saturated rings. The molecule has 0 unspecified atom stereocenters. The predicted molar refractivity (Wildman–Crippen MR) is 140 cm³/mol. The van der Waals surface area contributed by atoms with Crippen molar-refractivity contribution >= 4 is 43.4 Å². The first-order valence-corrected chi connectivity index (χ1v) is 13.7. The van der Waals surface area contributed by atoms with Crippen LogP contribution in [-0.4, -0.2) is 53.3 Å². The second kappa shape index (κ2) is 9.34. The van der Waals surface area contributed by atoms with Crippen LogP contribution < -0.4 is 16.0 Å². The molecule has 1 saturated heterocycles. The van der Waals surface area contributed by atoms with Gasteiger partial charge in [0.15, 0.2) is 0 Å². The number of nitrogens with zero attached hydrogens (tertiary/aromatic N) is 4. The summed E-state index contributed by atoms with van der Waals surface area (Å²) in [5.74, 6) is 0.580. The summed E-state index contributed by atoms with van der Waals surface area (Å²) in [5, 5.41) is 1.33. The number of fused-ring (bicyclic) bond motifs is 3. The molecule has 0 radical (unpaired) electrons. The number of sulfonamides is 1. The van der Waals surface area contributed by atoms with Gasteiger partial charge in [0.25, 0.3) is 5.56 Å². The highest BCUT2D eigenvalue weighted by Crippen LogP contribution is 2.29. The summed E-state index contributed by atoms with van der Waals surface area (Å²) < 4.78 is 33.6. The Hall–Kier alpha value is -3.21. The van der Waals surface area contributed by atoms with Crippen molar-refractivity contribution in [1.29, 1.82) is 0 Å². The lowest BCUT2D eigenvalue weighted by Gasteiger charge is -2.31. The number of piperidine rings is 1. The van der Waals surface area contributed by atoms with Crippen LogP contribution in [0.5, 0.6) is 5.75 Å². The van der Waals surface area contributed by atoms with Crippen LogP contribution in [0.3, 0.4) is 0 Å². The average Bonchev–Trinajstić information content (AvgIpc) is 2.85. The highest BCUT2D eigenvalue weighted by molar-refractivity contribution is 7.88. The van der Waals surface area contributed by atoms with E-state index in [-0.39, 0.29) is 5.92 Å². The topological polar surface area (TPSA) is 104 Å². The first kappa shape index (κ1) is 24.5. The fourth-order valence-corrected chi connectivity index (χ4v) is 5.97. The molecule has 0 bridgehead atoms. The van der Waals surface area contributed by atoms with Crippen molar-refractivity contribution in [2.75, 3.05) is 26.5 Å². The maximum Gasteiger partial charge on any atom is 0.336 e. The molecule has 0 saturated carbocycles. The molecule has 2 aromatic carbocycles. The summed E-state index contributed by atoms with van der Waals surface area (Å²) in [6, 6.07) is 12.0. The highest BCUT2D eigenvalue weighted by atomic mass is 35.5. The van der Waals surface area contributed by atoms with E-state index in [0.29, 0.717) is 70.7 Å². The molecule has 0 amide bonds. The number of aromatic nitrogens is 3. The summed E-state index contributed by atoms with van der Waals surface area (Å²) >= 11 is 6.17. The first-order valence-electron chi connectivity index (χ1n) is 11.5. The van der Waals surface area contributed by atoms with E-state index in [9.17, 15) is 18.0 Å². The van der Waals surface area contributed by atoms with Crippen LogP contribution in [-0.2, 0) is 16.6 Å². The number of methoxy groups -OCH3 is 1. The van der Waals surface area contributed by atoms with Crippen molar-refractivity contribution in [2.45, 2.75) is 19.4 Å². The van der Waals surface area contributed by atoms with E-state index in [4.69, 9.17) is 16.3 Å². The van der Waals surface area contributed by atoms with Gasteiger partial charge >= 0.3 is 5.69 Å². The SMILES string of the molecule is COc1cccc2c1ncc1c(=O)n(-c3cccc(Cl)c3)c(=O)n(CC3CCN(S(C)(=O)=O)CC3)c12. The Labute approximate surface area is 212 Å². The average molecular weight is 529 g/mol. The van der Waals surface area contributed by atoms with Gasteiger partial charge in [-0.1, -0.05) is 29.8 Å². The summed E-state index contributed by atoms with van der Waals surface area (Å²) in [5.41, 5.74) is 0.421. The Morgan fingerprint density at radius 3 is 2.47 bits per heavy atom. The van der Waals surface area contributed by atoms with Crippen molar-refractivity contribution in [3.8, 4) is 11.4 Å². The Kier molecular flexibility index (Phi) is 6.36. The van der Waals surface area contributed by atoms with Crippen LogP contribution >= 0.6 is 11.6 Å². The largest absolute Gasteiger partial charge is 0.494 e.